The lowest BCUT2D eigenvalue weighted by molar-refractivity contribution is 0.873. The summed E-state index contributed by atoms with van der Waals surface area (Å²) in [6, 6.07) is 6.03. The molecule has 1 rings (SSSR count). The van der Waals surface area contributed by atoms with Crippen LogP contribution in [0, 0.1) is 6.92 Å². The molecule has 0 saturated carbocycles. The third kappa shape index (κ3) is 5.27. The lowest BCUT2D eigenvalue weighted by Crippen LogP contribution is -2.27. The molecular formula is C13H19Cl2N5. The van der Waals surface area contributed by atoms with Gasteiger partial charge in [0.25, 0.3) is 0 Å². The molecule has 0 radical (unpaired) electrons. The molecule has 0 heterocycles. The lowest BCUT2D eigenvalue weighted by Gasteiger charge is -2.23. The van der Waals surface area contributed by atoms with Gasteiger partial charge in [0.1, 0.15) is 0 Å². The van der Waals surface area contributed by atoms with Gasteiger partial charge in [-0.3, -0.25) is 0 Å². The second kappa shape index (κ2) is 8.66. The van der Waals surface area contributed by atoms with Crippen LogP contribution in [0.2, 0.25) is 0 Å². The SMILES string of the molecule is Cc1cc(N(CCCl)CCCl)ccc1C=NN=C(N)N. The molecule has 1 aromatic rings. The van der Waals surface area contributed by atoms with Crippen molar-refractivity contribution in [2.24, 2.45) is 21.7 Å². The van der Waals surface area contributed by atoms with Crippen LogP contribution in [-0.2, 0) is 0 Å². The fraction of sp³-hybridized carbons (Fsp3) is 0.385. The van der Waals surface area contributed by atoms with Gasteiger partial charge in [0.2, 0.25) is 5.96 Å². The molecule has 1 aromatic carbocycles. The monoisotopic (exact) mass is 315 g/mol. The Balaban J connectivity index is 2.91. The van der Waals surface area contributed by atoms with Crippen molar-refractivity contribution < 1.29 is 0 Å². The highest BCUT2D eigenvalue weighted by atomic mass is 35.5. The van der Waals surface area contributed by atoms with Gasteiger partial charge >= 0.3 is 0 Å². The van der Waals surface area contributed by atoms with Crippen LogP contribution in [0.3, 0.4) is 0 Å². The summed E-state index contributed by atoms with van der Waals surface area (Å²) >= 11 is 11.6. The topological polar surface area (TPSA) is 80.0 Å². The number of benzene rings is 1. The molecule has 0 bridgehead atoms. The van der Waals surface area contributed by atoms with E-state index in [4.69, 9.17) is 34.7 Å². The molecule has 0 saturated heterocycles. The molecular weight excluding hydrogens is 297 g/mol. The van der Waals surface area contributed by atoms with E-state index in [1.54, 1.807) is 6.21 Å². The van der Waals surface area contributed by atoms with Gasteiger partial charge in [-0.15, -0.1) is 28.3 Å². The quantitative estimate of drug-likeness (QED) is 0.349. The van der Waals surface area contributed by atoms with E-state index in [-0.39, 0.29) is 5.96 Å². The summed E-state index contributed by atoms with van der Waals surface area (Å²) in [6.45, 7) is 3.52. The molecule has 0 atom stereocenters. The fourth-order valence-electron chi connectivity index (χ4n) is 1.73. The molecule has 0 fully saturated rings. The lowest BCUT2D eigenvalue weighted by atomic mass is 10.1. The molecule has 0 unspecified atom stereocenters. The smallest absolute Gasteiger partial charge is 0.211 e. The second-order valence-corrected chi connectivity index (χ2v) is 4.93. The number of hydrogen-bond donors (Lipinski definition) is 2. The van der Waals surface area contributed by atoms with Crippen LogP contribution in [0.15, 0.2) is 28.4 Å². The van der Waals surface area contributed by atoms with Crippen molar-refractivity contribution in [3.05, 3.63) is 29.3 Å². The molecule has 110 valence electrons. The zero-order chi connectivity index (χ0) is 15.0. The van der Waals surface area contributed by atoms with Crippen molar-refractivity contribution in [3.63, 3.8) is 0 Å². The van der Waals surface area contributed by atoms with Gasteiger partial charge in [0.15, 0.2) is 0 Å². The van der Waals surface area contributed by atoms with Crippen molar-refractivity contribution >= 4 is 41.1 Å². The zero-order valence-corrected chi connectivity index (χ0v) is 12.9. The summed E-state index contributed by atoms with van der Waals surface area (Å²) < 4.78 is 0. The number of halogens is 2. The highest BCUT2D eigenvalue weighted by molar-refractivity contribution is 6.18. The normalized spacial score (nSPS) is 10.8. The number of aryl methyl sites for hydroxylation is 1. The van der Waals surface area contributed by atoms with Gasteiger partial charge in [-0.1, -0.05) is 6.07 Å². The number of alkyl halides is 2. The maximum atomic E-state index is 5.81. The standard InChI is InChI=1S/C13H19Cl2N5/c1-10-8-12(20(6-4-14)7-5-15)3-2-11(10)9-18-19-13(16)17/h2-3,8-9H,4-7H2,1H3,(H4,16,17,19). The van der Waals surface area contributed by atoms with E-state index in [1.807, 2.05) is 19.1 Å². The summed E-state index contributed by atoms with van der Waals surface area (Å²) in [6.07, 6.45) is 1.62. The Kier molecular flexibility index (Phi) is 7.18. The predicted molar refractivity (Wildman–Crippen MR) is 88.2 cm³/mol. The van der Waals surface area contributed by atoms with Crippen molar-refractivity contribution in [1.29, 1.82) is 0 Å². The molecule has 5 nitrogen and oxygen atoms in total. The van der Waals surface area contributed by atoms with Gasteiger partial charge in [0, 0.05) is 30.5 Å². The number of nitrogens with two attached hydrogens (primary N) is 2. The van der Waals surface area contributed by atoms with E-state index in [9.17, 15) is 0 Å². The van der Waals surface area contributed by atoms with Crippen molar-refractivity contribution in [1.82, 2.24) is 0 Å². The minimum atomic E-state index is -0.0640. The van der Waals surface area contributed by atoms with Crippen LogP contribution in [0.25, 0.3) is 0 Å². The number of hydrogen-bond acceptors (Lipinski definition) is 3. The highest BCUT2D eigenvalue weighted by Gasteiger charge is 2.06. The molecule has 0 aliphatic rings. The Morgan fingerprint density at radius 1 is 1.25 bits per heavy atom. The summed E-state index contributed by atoms with van der Waals surface area (Å²) in [5, 5.41) is 7.38. The number of guanidine groups is 1. The Labute approximate surface area is 129 Å². The molecule has 0 amide bonds. The van der Waals surface area contributed by atoms with Crippen LogP contribution in [-0.4, -0.2) is 37.0 Å². The van der Waals surface area contributed by atoms with E-state index in [1.165, 1.54) is 0 Å². The average Bonchev–Trinajstić information content (AvgIpc) is 2.40. The first kappa shape index (κ1) is 16.6. The van der Waals surface area contributed by atoms with E-state index in [0.29, 0.717) is 11.8 Å². The summed E-state index contributed by atoms with van der Waals surface area (Å²) in [7, 11) is 0. The molecule has 0 aromatic heterocycles. The molecule has 4 N–H and O–H groups in total. The first-order valence-corrected chi connectivity index (χ1v) is 7.25. The third-order valence-corrected chi connectivity index (χ3v) is 3.04. The van der Waals surface area contributed by atoms with Gasteiger partial charge < -0.3 is 16.4 Å². The van der Waals surface area contributed by atoms with E-state index < -0.39 is 0 Å². The van der Waals surface area contributed by atoms with Crippen molar-refractivity contribution in [2.75, 3.05) is 29.7 Å². The summed E-state index contributed by atoms with van der Waals surface area (Å²) in [5.74, 6) is 1.05. The second-order valence-electron chi connectivity index (χ2n) is 4.18. The Morgan fingerprint density at radius 2 is 1.90 bits per heavy atom. The van der Waals surface area contributed by atoms with Crippen LogP contribution in [0.4, 0.5) is 5.69 Å². The van der Waals surface area contributed by atoms with E-state index in [0.717, 1.165) is 29.9 Å². The van der Waals surface area contributed by atoms with Crippen LogP contribution < -0.4 is 16.4 Å². The Hall–Kier alpha value is -1.46. The summed E-state index contributed by atoms with van der Waals surface area (Å²) in [4.78, 5) is 2.14. The number of anilines is 1. The van der Waals surface area contributed by atoms with Crippen LogP contribution >= 0.6 is 23.2 Å². The fourth-order valence-corrected chi connectivity index (χ4v) is 2.14. The Morgan fingerprint density at radius 3 is 2.40 bits per heavy atom. The molecule has 0 spiro atoms. The van der Waals surface area contributed by atoms with Gasteiger partial charge in [-0.2, -0.15) is 5.10 Å². The number of rotatable bonds is 7. The largest absolute Gasteiger partial charge is 0.369 e. The highest BCUT2D eigenvalue weighted by Crippen LogP contribution is 2.18. The van der Waals surface area contributed by atoms with Gasteiger partial charge in [-0.25, -0.2) is 0 Å². The number of nitrogens with zero attached hydrogens (tertiary/aromatic N) is 3. The third-order valence-electron chi connectivity index (χ3n) is 2.70. The first-order chi connectivity index (χ1) is 9.58. The molecule has 7 heteroatoms. The zero-order valence-electron chi connectivity index (χ0n) is 11.4. The van der Waals surface area contributed by atoms with E-state index in [2.05, 4.69) is 21.2 Å². The molecule has 0 aliphatic carbocycles. The average molecular weight is 316 g/mol. The first-order valence-electron chi connectivity index (χ1n) is 6.18. The summed E-state index contributed by atoms with van der Waals surface area (Å²) in [5.41, 5.74) is 13.5. The van der Waals surface area contributed by atoms with Crippen LogP contribution in [0.5, 0.6) is 0 Å². The minimum absolute atomic E-state index is 0.0640. The van der Waals surface area contributed by atoms with Crippen molar-refractivity contribution in [3.8, 4) is 0 Å². The van der Waals surface area contributed by atoms with Gasteiger partial charge in [0.05, 0.1) is 6.21 Å². The maximum Gasteiger partial charge on any atom is 0.211 e. The molecule has 0 aliphatic heterocycles. The minimum Gasteiger partial charge on any atom is -0.369 e. The van der Waals surface area contributed by atoms with Crippen molar-refractivity contribution in [2.45, 2.75) is 6.92 Å². The van der Waals surface area contributed by atoms with E-state index >= 15 is 0 Å². The molecule has 20 heavy (non-hydrogen) atoms. The van der Waals surface area contributed by atoms with Crippen LogP contribution in [0.1, 0.15) is 11.1 Å². The maximum absolute atomic E-state index is 5.81. The predicted octanol–water partition coefficient (Wildman–Crippen LogP) is 1.89. The van der Waals surface area contributed by atoms with Gasteiger partial charge in [-0.05, 0) is 30.2 Å². The Bertz CT molecular complexity index is 478.